The number of fused-ring (bicyclic) bond motifs is 6. The number of hydrogen-bond acceptors (Lipinski definition) is 1. The summed E-state index contributed by atoms with van der Waals surface area (Å²) in [6.45, 7) is 0. The van der Waals surface area contributed by atoms with Crippen molar-refractivity contribution < 1.29 is 4.90 Å². The van der Waals surface area contributed by atoms with Crippen LogP contribution < -0.4 is 4.90 Å². The Kier molecular flexibility index (Phi) is 7.34. The molecule has 1 N–H and O–H groups in total. The Morgan fingerprint density at radius 2 is 0.963 bits per heavy atom. The van der Waals surface area contributed by atoms with Crippen LogP contribution in [0.3, 0.4) is 0 Å². The van der Waals surface area contributed by atoms with Crippen LogP contribution in [0.4, 0.5) is 5.69 Å². The van der Waals surface area contributed by atoms with E-state index in [4.69, 9.17) is 5.32 Å². The smallest absolute Gasteiger partial charge is 0.129 e. The third-order valence-corrected chi connectivity index (χ3v) is 12.5. The maximum Gasteiger partial charge on any atom is 0.129 e. The van der Waals surface area contributed by atoms with Crippen molar-refractivity contribution in [3.63, 3.8) is 0 Å². The molecular weight excluding hydrogens is 675 g/mol. The van der Waals surface area contributed by atoms with E-state index in [-0.39, 0.29) is 12.3 Å². The van der Waals surface area contributed by atoms with Crippen molar-refractivity contribution in [1.82, 2.24) is 4.57 Å². The minimum atomic E-state index is 0.0595. The molecule has 1 fully saturated rings. The minimum Gasteiger partial charge on any atom is -0.548 e. The Hall–Kier alpha value is -6.30. The first kappa shape index (κ1) is 31.2. The van der Waals surface area contributed by atoms with Crippen molar-refractivity contribution in [2.75, 3.05) is 0 Å². The van der Waals surface area contributed by atoms with Gasteiger partial charge in [0.25, 0.3) is 0 Å². The molecular formula is C50H35N3S. The lowest BCUT2D eigenvalue weighted by Gasteiger charge is -2.58. The van der Waals surface area contributed by atoms with E-state index in [0.29, 0.717) is 0 Å². The second-order valence-electron chi connectivity index (χ2n) is 14.2. The van der Waals surface area contributed by atoms with Gasteiger partial charge in [-0.15, -0.1) is 11.3 Å². The molecule has 0 bridgehead atoms. The molecule has 10 aromatic rings. The van der Waals surface area contributed by atoms with E-state index in [2.05, 4.69) is 199 Å². The van der Waals surface area contributed by atoms with E-state index in [1.165, 1.54) is 85.9 Å². The van der Waals surface area contributed by atoms with Crippen LogP contribution in [0.5, 0.6) is 0 Å². The Labute approximate surface area is 318 Å². The van der Waals surface area contributed by atoms with Crippen LogP contribution in [0.2, 0.25) is 0 Å². The van der Waals surface area contributed by atoms with Gasteiger partial charge < -0.3 is 14.8 Å². The van der Waals surface area contributed by atoms with Crippen molar-refractivity contribution in [2.45, 2.75) is 12.3 Å². The fraction of sp³-hybridized carbons (Fsp3) is 0.0400. The number of nitrogens with zero attached hydrogens (tertiary/aromatic N) is 2. The summed E-state index contributed by atoms with van der Waals surface area (Å²) in [5.74, 6) is 0. The van der Waals surface area contributed by atoms with Crippen molar-refractivity contribution in [3.8, 4) is 27.9 Å². The van der Waals surface area contributed by atoms with Crippen molar-refractivity contribution in [1.29, 1.82) is 0 Å². The fourth-order valence-corrected chi connectivity index (χ4v) is 9.98. The molecule has 1 aliphatic heterocycles. The number of rotatable bonds is 6. The maximum absolute atomic E-state index is 5.21. The third kappa shape index (κ3) is 4.96. The zero-order chi connectivity index (χ0) is 35.6. The van der Waals surface area contributed by atoms with Gasteiger partial charge in [-0.3, -0.25) is 0 Å². The van der Waals surface area contributed by atoms with Gasteiger partial charge in [-0.05, 0) is 63.7 Å². The average molecular weight is 710 g/mol. The van der Waals surface area contributed by atoms with Gasteiger partial charge in [0.1, 0.15) is 5.69 Å². The van der Waals surface area contributed by atoms with E-state index in [9.17, 15) is 0 Å². The van der Waals surface area contributed by atoms with Gasteiger partial charge >= 0.3 is 0 Å². The Bertz CT molecular complexity index is 2920. The lowest BCUT2D eigenvalue weighted by atomic mass is 9.99. The molecule has 2 aromatic heterocycles. The summed E-state index contributed by atoms with van der Waals surface area (Å²) in [5.41, 5.74) is 12.4. The molecule has 3 heterocycles. The average Bonchev–Trinajstić information content (AvgIpc) is 3.78. The third-order valence-electron chi connectivity index (χ3n) is 11.2. The van der Waals surface area contributed by atoms with Crippen LogP contribution in [0.15, 0.2) is 194 Å². The molecule has 0 amide bonds. The molecule has 54 heavy (non-hydrogen) atoms. The zero-order valence-electron chi connectivity index (χ0n) is 29.4. The van der Waals surface area contributed by atoms with Gasteiger partial charge in [-0.1, -0.05) is 152 Å². The quantitative estimate of drug-likeness (QED) is 0.178. The van der Waals surface area contributed by atoms with Crippen LogP contribution in [0.25, 0.3) is 75.2 Å². The highest BCUT2D eigenvalue weighted by atomic mass is 32.1. The second-order valence-corrected chi connectivity index (χ2v) is 15.2. The molecule has 0 saturated carbocycles. The Balaban J connectivity index is 1.01. The van der Waals surface area contributed by atoms with Crippen LogP contribution in [-0.2, 0) is 0 Å². The molecule has 256 valence electrons. The van der Waals surface area contributed by atoms with Crippen LogP contribution in [-0.4, -0.2) is 4.57 Å². The molecule has 2 unspecified atom stereocenters. The van der Waals surface area contributed by atoms with Gasteiger partial charge in [0.05, 0.1) is 11.0 Å². The molecule has 8 aromatic carbocycles. The molecule has 0 aliphatic carbocycles. The molecule has 4 heteroatoms. The molecule has 2 atom stereocenters. The largest absolute Gasteiger partial charge is 0.548 e. The lowest BCUT2D eigenvalue weighted by molar-refractivity contribution is -0.927. The van der Waals surface area contributed by atoms with Gasteiger partial charge in [0.2, 0.25) is 0 Å². The van der Waals surface area contributed by atoms with E-state index in [0.717, 1.165) is 5.69 Å². The number of aromatic nitrogens is 1. The number of quaternary nitrogens is 1. The van der Waals surface area contributed by atoms with E-state index < -0.39 is 0 Å². The van der Waals surface area contributed by atoms with Crippen LogP contribution >= 0.6 is 11.3 Å². The van der Waals surface area contributed by atoms with Crippen LogP contribution in [0.1, 0.15) is 23.5 Å². The number of nitrogens with one attached hydrogen (secondary N) is 1. The first-order valence-corrected chi connectivity index (χ1v) is 19.4. The lowest BCUT2D eigenvalue weighted by Crippen LogP contribution is -3.13. The second kappa shape index (κ2) is 12.7. The molecule has 0 radical (unpaired) electrons. The monoisotopic (exact) mass is 709 g/mol. The summed E-state index contributed by atoms with van der Waals surface area (Å²) in [4.78, 5) is 1.36. The van der Waals surface area contributed by atoms with Crippen molar-refractivity contribution in [2.24, 2.45) is 0 Å². The summed E-state index contributed by atoms with van der Waals surface area (Å²) in [5, 5.41) is 10.4. The first-order chi connectivity index (χ1) is 26.8. The number of benzene rings is 8. The summed E-state index contributed by atoms with van der Waals surface area (Å²) < 4.78 is 5.09. The van der Waals surface area contributed by atoms with Crippen molar-refractivity contribution >= 4 is 59.0 Å². The highest BCUT2D eigenvalue weighted by molar-refractivity contribution is 7.26. The summed E-state index contributed by atoms with van der Waals surface area (Å²) in [6.07, 6.45) is 0.119. The standard InChI is InChI=1S/C50H34N3S/c1-4-14-33(15-5-1)39-21-12-23-42-43-24-13-22-40(48(43)54-47(39)42)36-26-31-46-44(32-36)41-20-10-11-25-45(41)52(46)37-27-29-38(30-28-37)53-49(34-16-6-2-7-17-34)51-50(53)35-18-8-3-9-19-35/h1-32,49-50H/q-1/p+1. The molecule has 0 spiro atoms. The van der Waals surface area contributed by atoms with Crippen LogP contribution in [0, 0.1) is 0 Å². The highest BCUT2D eigenvalue weighted by Crippen LogP contribution is 2.45. The van der Waals surface area contributed by atoms with E-state index in [1.54, 1.807) is 0 Å². The SMILES string of the molecule is c1ccc(-c2cccc3c2sc2c(-c4ccc5c(c4)c4ccccc4n5-c4ccc([NH+]5C(c6ccccc6)[N-]C5c5ccccc5)cc4)cccc23)cc1. The summed E-state index contributed by atoms with van der Waals surface area (Å²) in [7, 11) is 0. The molecule has 3 nitrogen and oxygen atoms in total. The minimum absolute atomic E-state index is 0.0595. The zero-order valence-corrected chi connectivity index (χ0v) is 30.2. The normalized spacial score (nSPS) is 17.0. The highest BCUT2D eigenvalue weighted by Gasteiger charge is 2.34. The Morgan fingerprint density at radius 1 is 0.426 bits per heavy atom. The van der Waals surface area contributed by atoms with Gasteiger partial charge in [-0.2, -0.15) is 0 Å². The van der Waals surface area contributed by atoms with E-state index >= 15 is 0 Å². The van der Waals surface area contributed by atoms with Gasteiger partial charge in [-0.25, -0.2) is 0 Å². The topological polar surface area (TPSA) is 23.5 Å². The molecule has 11 rings (SSSR count). The van der Waals surface area contributed by atoms with E-state index in [1.807, 2.05) is 11.3 Å². The Morgan fingerprint density at radius 3 is 1.61 bits per heavy atom. The predicted octanol–water partition coefficient (Wildman–Crippen LogP) is 12.8. The molecule has 1 saturated heterocycles. The van der Waals surface area contributed by atoms with Gasteiger partial charge in [0.15, 0.2) is 0 Å². The summed E-state index contributed by atoms with van der Waals surface area (Å²) >= 11 is 1.91. The predicted molar refractivity (Wildman–Crippen MR) is 227 cm³/mol. The molecule has 1 aliphatic rings. The first-order valence-electron chi connectivity index (χ1n) is 18.6. The number of para-hydroxylation sites is 1. The van der Waals surface area contributed by atoms with Crippen molar-refractivity contribution in [3.05, 3.63) is 211 Å². The number of thiophene rings is 1. The fourth-order valence-electron chi connectivity index (χ4n) is 8.61. The summed E-state index contributed by atoms with van der Waals surface area (Å²) in [6, 6.07) is 70.6. The number of hydrogen-bond donors (Lipinski definition) is 1. The maximum atomic E-state index is 5.21. The van der Waals surface area contributed by atoms with Gasteiger partial charge in [0, 0.05) is 61.1 Å².